The Bertz CT molecular complexity index is 266. The van der Waals surface area contributed by atoms with Gasteiger partial charge in [0.1, 0.15) is 10.9 Å². The van der Waals surface area contributed by atoms with E-state index in [1.165, 1.54) is 0 Å². The molecule has 0 fully saturated rings. The summed E-state index contributed by atoms with van der Waals surface area (Å²) in [6, 6.07) is -0.928. The minimum absolute atomic E-state index is 0.216. The molecule has 0 heterocycles. The van der Waals surface area contributed by atoms with Gasteiger partial charge in [-0.2, -0.15) is 0 Å². The van der Waals surface area contributed by atoms with Gasteiger partial charge in [0.05, 0.1) is 0 Å². The third kappa shape index (κ3) is 7.19. The van der Waals surface area contributed by atoms with E-state index in [0.717, 1.165) is 0 Å². The molecule has 9 nitrogen and oxygen atoms in total. The van der Waals surface area contributed by atoms with Crippen LogP contribution in [0, 0.1) is 4.91 Å². The van der Waals surface area contributed by atoms with E-state index in [0.29, 0.717) is 6.42 Å². The van der Waals surface area contributed by atoms with Gasteiger partial charge in [-0.3, -0.25) is 4.79 Å². The molecular formula is C6H14N5O4+. The summed E-state index contributed by atoms with van der Waals surface area (Å²) < 4.78 is 0. The molecule has 0 unspecified atom stereocenters. The molecule has 0 aromatic carbocycles. The summed E-state index contributed by atoms with van der Waals surface area (Å²) in [5.74, 6) is -1.33. The highest BCUT2D eigenvalue weighted by molar-refractivity contribution is 5.76. The van der Waals surface area contributed by atoms with Crippen molar-refractivity contribution in [1.82, 2.24) is 5.43 Å². The fourth-order valence-electron chi connectivity index (χ4n) is 0.768. The number of aliphatic imine (C=N–C) groups is 1. The fourth-order valence-corrected chi connectivity index (χ4v) is 0.768. The number of hydrogen-bond acceptors (Lipinski definition) is 4. The second kappa shape index (κ2) is 6.54. The zero-order valence-electron chi connectivity index (χ0n) is 7.96. The third-order valence-electron chi connectivity index (χ3n) is 1.48. The van der Waals surface area contributed by atoms with Crippen LogP contribution in [0.2, 0.25) is 0 Å². The Kier molecular flexibility index (Phi) is 5.71. The lowest BCUT2D eigenvalue weighted by molar-refractivity contribution is -0.822. The molecule has 0 aliphatic heterocycles. The van der Waals surface area contributed by atoms with Crippen LogP contribution in [0.4, 0.5) is 0 Å². The lowest BCUT2D eigenvalue weighted by atomic mass is 10.2. The molecule has 86 valence electrons. The first kappa shape index (κ1) is 13.1. The minimum Gasteiger partial charge on any atom is -0.480 e. The first-order valence-electron chi connectivity index (χ1n) is 4.14. The monoisotopic (exact) mass is 220 g/mol. The zero-order valence-corrected chi connectivity index (χ0v) is 7.96. The zero-order chi connectivity index (χ0) is 11.8. The van der Waals surface area contributed by atoms with Crippen molar-refractivity contribution in [3.05, 3.63) is 4.91 Å². The third-order valence-corrected chi connectivity index (χ3v) is 1.48. The molecule has 0 radical (unpaired) electrons. The van der Waals surface area contributed by atoms with Gasteiger partial charge >= 0.3 is 11.0 Å². The molecule has 15 heavy (non-hydrogen) atoms. The standard InChI is InChI=1S/C6H13N5O4/c7-4(5(12)13)2-1-3-9-6(8)10-11(14)15/h4H,1-3,7H2,(H4-,8,9,10,12,13,14,15)/p+1/t4-/m0/s1. The molecule has 9 heteroatoms. The Balaban J connectivity index is 3.69. The Hall–Kier alpha value is -1.90. The SMILES string of the molecule is NC(=NCCC[C@H](N)C(=O)O)N[N+](=O)O. The number of nitrogens with two attached hydrogens (primary N) is 2. The number of guanidine groups is 1. The Morgan fingerprint density at radius 1 is 1.60 bits per heavy atom. The number of carbonyl (C=O) groups is 1. The van der Waals surface area contributed by atoms with Gasteiger partial charge in [0.25, 0.3) is 5.96 Å². The van der Waals surface area contributed by atoms with Crippen molar-refractivity contribution in [2.45, 2.75) is 18.9 Å². The van der Waals surface area contributed by atoms with Crippen molar-refractivity contribution < 1.29 is 20.1 Å². The molecule has 1 atom stereocenters. The second-order valence-corrected chi connectivity index (χ2v) is 2.74. The van der Waals surface area contributed by atoms with E-state index >= 15 is 0 Å². The summed E-state index contributed by atoms with van der Waals surface area (Å²) in [5.41, 5.74) is 12.1. The van der Waals surface area contributed by atoms with Crippen molar-refractivity contribution in [3.8, 4) is 0 Å². The molecule has 0 aliphatic rings. The van der Waals surface area contributed by atoms with E-state index in [4.69, 9.17) is 21.8 Å². The van der Waals surface area contributed by atoms with E-state index in [1.807, 2.05) is 0 Å². The molecule has 0 bridgehead atoms. The number of aliphatic carboxylic acids is 1. The van der Waals surface area contributed by atoms with Crippen molar-refractivity contribution in [1.29, 1.82) is 0 Å². The fraction of sp³-hybridized carbons (Fsp3) is 0.667. The molecule has 0 spiro atoms. The molecule has 0 saturated carbocycles. The van der Waals surface area contributed by atoms with Crippen LogP contribution in [0.25, 0.3) is 0 Å². The number of carboxylic acids is 1. The van der Waals surface area contributed by atoms with Crippen LogP contribution >= 0.6 is 0 Å². The lowest BCUT2D eigenvalue weighted by Gasteiger charge is -2.03. The van der Waals surface area contributed by atoms with Crippen LogP contribution in [0.1, 0.15) is 12.8 Å². The van der Waals surface area contributed by atoms with Gasteiger partial charge in [0.2, 0.25) is 0 Å². The molecule has 0 saturated heterocycles. The average molecular weight is 220 g/mol. The van der Waals surface area contributed by atoms with Gasteiger partial charge < -0.3 is 16.6 Å². The van der Waals surface area contributed by atoms with Crippen LogP contribution in [-0.4, -0.2) is 39.9 Å². The summed E-state index contributed by atoms with van der Waals surface area (Å²) >= 11 is 0. The van der Waals surface area contributed by atoms with Crippen LogP contribution < -0.4 is 16.9 Å². The lowest BCUT2D eigenvalue weighted by Crippen LogP contribution is -2.37. The van der Waals surface area contributed by atoms with Gasteiger partial charge in [-0.15, -0.1) is 0 Å². The highest BCUT2D eigenvalue weighted by atomic mass is 16.7. The number of hydrazine groups is 1. The number of hydrogen-bond donors (Lipinski definition) is 5. The maximum Gasteiger partial charge on any atom is 0.362 e. The van der Waals surface area contributed by atoms with Crippen LogP contribution in [-0.2, 0) is 4.79 Å². The van der Waals surface area contributed by atoms with Crippen LogP contribution in [0.5, 0.6) is 0 Å². The maximum absolute atomic E-state index is 10.3. The van der Waals surface area contributed by atoms with Crippen LogP contribution in [0.3, 0.4) is 0 Å². The first-order valence-corrected chi connectivity index (χ1v) is 4.14. The summed E-state index contributed by atoms with van der Waals surface area (Å²) in [6.45, 7) is 0.216. The average Bonchev–Trinajstić information content (AvgIpc) is 2.10. The quantitative estimate of drug-likeness (QED) is 0.152. The highest BCUT2D eigenvalue weighted by Gasteiger charge is 2.10. The number of nitrogens with one attached hydrogen (secondary N) is 1. The molecule has 0 rings (SSSR count). The molecule has 0 aliphatic carbocycles. The number of carboxylic acid groups (broad SMARTS) is 1. The number of nitrogens with zero attached hydrogens (tertiary/aromatic N) is 2. The number of rotatable bonds is 6. The maximum atomic E-state index is 10.3. The van der Waals surface area contributed by atoms with Crippen LogP contribution in [0.15, 0.2) is 4.99 Å². The summed E-state index contributed by atoms with van der Waals surface area (Å²) in [6.07, 6.45) is 0.673. The molecule has 0 aromatic heterocycles. The van der Waals surface area contributed by atoms with Gasteiger partial charge in [-0.25, -0.2) is 10.2 Å². The topological polar surface area (TPSA) is 154 Å². The van der Waals surface area contributed by atoms with E-state index in [2.05, 4.69) is 4.99 Å². The smallest absolute Gasteiger partial charge is 0.362 e. The van der Waals surface area contributed by atoms with Crippen molar-refractivity contribution in [3.63, 3.8) is 0 Å². The largest absolute Gasteiger partial charge is 0.480 e. The highest BCUT2D eigenvalue weighted by Crippen LogP contribution is 1.94. The second-order valence-electron chi connectivity index (χ2n) is 2.74. The Morgan fingerprint density at radius 2 is 2.20 bits per heavy atom. The predicted molar refractivity (Wildman–Crippen MR) is 49.9 cm³/mol. The Labute approximate surface area is 85.3 Å². The van der Waals surface area contributed by atoms with Gasteiger partial charge in [-0.05, 0) is 18.3 Å². The van der Waals surface area contributed by atoms with Gasteiger partial charge in [-0.1, -0.05) is 0 Å². The van der Waals surface area contributed by atoms with E-state index in [1.54, 1.807) is 5.43 Å². The summed E-state index contributed by atoms with van der Waals surface area (Å²) in [5, 5.41) is 16.0. The summed E-state index contributed by atoms with van der Waals surface area (Å²) in [4.78, 5) is 23.9. The Morgan fingerprint density at radius 3 is 2.67 bits per heavy atom. The minimum atomic E-state index is -1.08. The van der Waals surface area contributed by atoms with Crippen molar-refractivity contribution >= 4 is 11.9 Å². The summed E-state index contributed by atoms with van der Waals surface area (Å²) in [7, 11) is 0. The van der Waals surface area contributed by atoms with Crippen molar-refractivity contribution in [2.75, 3.05) is 6.54 Å². The predicted octanol–water partition coefficient (Wildman–Crippen LogP) is -1.83. The van der Waals surface area contributed by atoms with Gasteiger partial charge in [0.15, 0.2) is 0 Å². The molecule has 0 aromatic rings. The van der Waals surface area contributed by atoms with E-state index < -0.39 is 17.0 Å². The van der Waals surface area contributed by atoms with Crippen molar-refractivity contribution in [2.24, 2.45) is 16.5 Å². The normalized spacial score (nSPS) is 13.3. The first-order chi connectivity index (χ1) is 6.93. The van der Waals surface area contributed by atoms with E-state index in [9.17, 15) is 9.70 Å². The molecular weight excluding hydrogens is 206 g/mol. The molecule has 0 amide bonds. The molecule has 7 N–H and O–H groups in total. The van der Waals surface area contributed by atoms with E-state index in [-0.39, 0.29) is 18.9 Å². The van der Waals surface area contributed by atoms with Gasteiger partial charge in [0, 0.05) is 6.54 Å².